The van der Waals surface area contributed by atoms with Crippen LogP contribution >= 0.6 is 0 Å². The maximum absolute atomic E-state index is 11.4. The van der Waals surface area contributed by atoms with Crippen LogP contribution in [0.3, 0.4) is 0 Å². The standard InChI is InChI=1S/C13H18N4O2/c1-13(2,3)19-12(18)17-16-8-9-7-15-11-10(9)5-4-6-14-11/h4-7,16H,8H2,1-3H3,(H,14,15)(H,17,18). The van der Waals surface area contributed by atoms with Crippen molar-refractivity contribution in [1.29, 1.82) is 0 Å². The molecule has 6 heteroatoms. The summed E-state index contributed by atoms with van der Waals surface area (Å²) >= 11 is 0. The van der Waals surface area contributed by atoms with E-state index in [1.807, 2.05) is 39.1 Å². The number of amides is 1. The molecule has 2 aromatic heterocycles. The Labute approximate surface area is 111 Å². The summed E-state index contributed by atoms with van der Waals surface area (Å²) in [5.74, 6) is 0. The molecule has 1 amide bonds. The fraction of sp³-hybridized carbons (Fsp3) is 0.385. The molecule has 2 heterocycles. The monoisotopic (exact) mass is 262 g/mol. The maximum atomic E-state index is 11.4. The molecular weight excluding hydrogens is 244 g/mol. The average molecular weight is 262 g/mol. The molecule has 6 nitrogen and oxygen atoms in total. The van der Waals surface area contributed by atoms with Crippen molar-refractivity contribution >= 4 is 17.1 Å². The molecule has 0 aromatic carbocycles. The lowest BCUT2D eigenvalue weighted by Crippen LogP contribution is -2.40. The first kappa shape index (κ1) is 13.4. The minimum Gasteiger partial charge on any atom is -0.443 e. The molecule has 0 bridgehead atoms. The highest BCUT2D eigenvalue weighted by atomic mass is 16.6. The summed E-state index contributed by atoms with van der Waals surface area (Å²) in [7, 11) is 0. The molecule has 0 atom stereocenters. The van der Waals surface area contributed by atoms with Gasteiger partial charge < -0.3 is 9.72 Å². The van der Waals surface area contributed by atoms with Crippen LogP contribution < -0.4 is 10.9 Å². The number of H-pyrrole nitrogens is 1. The minimum atomic E-state index is -0.504. The van der Waals surface area contributed by atoms with E-state index in [1.54, 1.807) is 6.20 Å². The SMILES string of the molecule is CC(C)(C)OC(=O)NNCc1c[nH]c2ncccc12. The van der Waals surface area contributed by atoms with Gasteiger partial charge in [-0.05, 0) is 38.5 Å². The predicted molar refractivity (Wildman–Crippen MR) is 72.3 cm³/mol. The van der Waals surface area contributed by atoms with Crippen molar-refractivity contribution in [2.45, 2.75) is 32.9 Å². The Balaban J connectivity index is 1.88. The molecule has 0 fully saturated rings. The molecule has 0 unspecified atom stereocenters. The van der Waals surface area contributed by atoms with E-state index in [1.165, 1.54) is 0 Å². The number of nitrogens with one attached hydrogen (secondary N) is 3. The molecule has 2 aromatic rings. The summed E-state index contributed by atoms with van der Waals surface area (Å²) in [5.41, 5.74) is 6.68. The van der Waals surface area contributed by atoms with Crippen molar-refractivity contribution < 1.29 is 9.53 Å². The topological polar surface area (TPSA) is 79.0 Å². The van der Waals surface area contributed by atoms with Gasteiger partial charge in [-0.15, -0.1) is 0 Å². The van der Waals surface area contributed by atoms with Gasteiger partial charge >= 0.3 is 6.09 Å². The molecule has 19 heavy (non-hydrogen) atoms. The van der Waals surface area contributed by atoms with Crippen LogP contribution in [0, 0.1) is 0 Å². The number of carbonyl (C=O) groups excluding carboxylic acids is 1. The van der Waals surface area contributed by atoms with E-state index < -0.39 is 11.7 Å². The summed E-state index contributed by atoms with van der Waals surface area (Å²) in [6.45, 7) is 5.94. The lowest BCUT2D eigenvalue weighted by Gasteiger charge is -2.19. The molecule has 0 aliphatic heterocycles. The molecule has 0 aliphatic carbocycles. The van der Waals surface area contributed by atoms with E-state index in [0.717, 1.165) is 16.6 Å². The zero-order valence-corrected chi connectivity index (χ0v) is 11.3. The highest BCUT2D eigenvalue weighted by molar-refractivity contribution is 5.79. The third-order valence-electron chi connectivity index (χ3n) is 2.40. The summed E-state index contributed by atoms with van der Waals surface area (Å²) in [6, 6.07) is 3.85. The summed E-state index contributed by atoms with van der Waals surface area (Å²) in [6.07, 6.45) is 3.10. The third kappa shape index (κ3) is 3.69. The first-order valence-corrected chi connectivity index (χ1v) is 6.08. The van der Waals surface area contributed by atoms with E-state index in [0.29, 0.717) is 6.54 Å². The number of carbonyl (C=O) groups is 1. The Morgan fingerprint density at radius 2 is 2.26 bits per heavy atom. The van der Waals surface area contributed by atoms with Crippen molar-refractivity contribution in [3.63, 3.8) is 0 Å². The summed E-state index contributed by atoms with van der Waals surface area (Å²) in [4.78, 5) is 18.7. The zero-order valence-electron chi connectivity index (χ0n) is 11.3. The van der Waals surface area contributed by atoms with Crippen LogP contribution in [0.15, 0.2) is 24.5 Å². The fourth-order valence-electron chi connectivity index (χ4n) is 1.67. The van der Waals surface area contributed by atoms with E-state index in [9.17, 15) is 4.79 Å². The molecule has 0 aliphatic rings. The largest absolute Gasteiger partial charge is 0.443 e. The lowest BCUT2D eigenvalue weighted by atomic mass is 10.2. The normalized spacial score (nSPS) is 11.5. The van der Waals surface area contributed by atoms with Crippen LogP contribution in [0.1, 0.15) is 26.3 Å². The molecule has 2 rings (SSSR count). The number of hydrogen-bond donors (Lipinski definition) is 3. The highest BCUT2D eigenvalue weighted by Crippen LogP contribution is 2.14. The zero-order chi connectivity index (χ0) is 13.9. The van der Waals surface area contributed by atoms with Gasteiger partial charge in [0.05, 0.1) is 0 Å². The average Bonchev–Trinajstić information content (AvgIpc) is 2.70. The van der Waals surface area contributed by atoms with Gasteiger partial charge in [-0.2, -0.15) is 0 Å². The third-order valence-corrected chi connectivity index (χ3v) is 2.40. The first-order valence-electron chi connectivity index (χ1n) is 6.08. The summed E-state index contributed by atoms with van der Waals surface area (Å²) < 4.78 is 5.11. The van der Waals surface area contributed by atoms with E-state index >= 15 is 0 Å². The van der Waals surface area contributed by atoms with E-state index in [4.69, 9.17) is 4.74 Å². The number of nitrogens with zero attached hydrogens (tertiary/aromatic N) is 1. The predicted octanol–water partition coefficient (Wildman–Crippen LogP) is 2.09. The molecule has 0 radical (unpaired) electrons. The van der Waals surface area contributed by atoms with Crippen molar-refractivity contribution in [2.24, 2.45) is 0 Å². The fourth-order valence-corrected chi connectivity index (χ4v) is 1.67. The Bertz CT molecular complexity index is 571. The second-order valence-corrected chi connectivity index (χ2v) is 5.19. The second-order valence-electron chi connectivity index (χ2n) is 5.19. The Morgan fingerprint density at radius 3 is 3.00 bits per heavy atom. The Hall–Kier alpha value is -2.08. The van der Waals surface area contributed by atoms with Crippen LogP contribution in [0.4, 0.5) is 4.79 Å². The van der Waals surface area contributed by atoms with Crippen molar-refractivity contribution in [2.75, 3.05) is 0 Å². The highest BCUT2D eigenvalue weighted by Gasteiger charge is 2.15. The number of ether oxygens (including phenoxy) is 1. The maximum Gasteiger partial charge on any atom is 0.422 e. The number of fused-ring (bicyclic) bond motifs is 1. The smallest absolute Gasteiger partial charge is 0.422 e. The second kappa shape index (κ2) is 5.27. The van der Waals surface area contributed by atoms with Crippen LogP contribution in [0.5, 0.6) is 0 Å². The van der Waals surface area contributed by atoms with Crippen molar-refractivity contribution in [1.82, 2.24) is 20.8 Å². The first-order chi connectivity index (χ1) is 8.96. The van der Waals surface area contributed by atoms with Gasteiger partial charge in [0.25, 0.3) is 0 Å². The molecule has 102 valence electrons. The molecule has 0 spiro atoms. The molecule has 3 N–H and O–H groups in total. The number of rotatable bonds is 3. The van der Waals surface area contributed by atoms with Gasteiger partial charge in [0.15, 0.2) is 0 Å². The van der Waals surface area contributed by atoms with Crippen LogP contribution in [-0.2, 0) is 11.3 Å². The lowest BCUT2D eigenvalue weighted by molar-refractivity contribution is 0.0497. The van der Waals surface area contributed by atoms with E-state index in [-0.39, 0.29) is 0 Å². The molecular formula is C13H18N4O2. The number of pyridine rings is 1. The van der Waals surface area contributed by atoms with Crippen molar-refractivity contribution in [3.8, 4) is 0 Å². The summed E-state index contributed by atoms with van der Waals surface area (Å²) in [5, 5.41) is 1.03. The van der Waals surface area contributed by atoms with Gasteiger partial charge in [-0.25, -0.2) is 15.2 Å². The Morgan fingerprint density at radius 1 is 1.47 bits per heavy atom. The van der Waals surface area contributed by atoms with Crippen LogP contribution in [0.2, 0.25) is 0 Å². The van der Waals surface area contributed by atoms with Crippen LogP contribution in [0.25, 0.3) is 11.0 Å². The van der Waals surface area contributed by atoms with Gasteiger partial charge in [0.2, 0.25) is 0 Å². The number of aromatic amines is 1. The number of hydrazine groups is 1. The van der Waals surface area contributed by atoms with Gasteiger partial charge in [0, 0.05) is 24.3 Å². The van der Waals surface area contributed by atoms with Gasteiger partial charge in [-0.1, -0.05) is 0 Å². The van der Waals surface area contributed by atoms with Crippen LogP contribution in [-0.4, -0.2) is 21.7 Å². The quantitative estimate of drug-likeness (QED) is 0.740. The number of aromatic nitrogens is 2. The molecule has 0 saturated heterocycles. The Kier molecular flexibility index (Phi) is 3.71. The minimum absolute atomic E-state index is 0.491. The van der Waals surface area contributed by atoms with Crippen molar-refractivity contribution in [3.05, 3.63) is 30.1 Å². The van der Waals surface area contributed by atoms with Gasteiger partial charge in [0.1, 0.15) is 11.2 Å². The number of hydrogen-bond acceptors (Lipinski definition) is 4. The van der Waals surface area contributed by atoms with Gasteiger partial charge in [-0.3, -0.25) is 5.43 Å². The van der Waals surface area contributed by atoms with E-state index in [2.05, 4.69) is 20.8 Å². The molecule has 0 saturated carbocycles.